The van der Waals surface area contributed by atoms with E-state index in [1.165, 1.54) is 6.07 Å². The highest BCUT2D eigenvalue weighted by atomic mass is 127. The molecule has 0 unspecified atom stereocenters. The van der Waals surface area contributed by atoms with E-state index in [4.69, 9.17) is 4.74 Å². The Morgan fingerprint density at radius 3 is 2.21 bits per heavy atom. The number of ether oxygens (including phenoxy) is 1. The zero-order valence-corrected chi connectivity index (χ0v) is 24.0. The van der Waals surface area contributed by atoms with Crippen LogP contribution in [0.25, 0.3) is 0 Å². The number of amides is 1. The van der Waals surface area contributed by atoms with E-state index in [2.05, 4.69) is 4.90 Å². The topological polar surface area (TPSA) is 87.2 Å². The lowest BCUT2D eigenvalue weighted by atomic mass is 10.1. The van der Waals surface area contributed by atoms with Gasteiger partial charge in [0.15, 0.2) is 15.6 Å². The Hall–Kier alpha value is -2.25. The van der Waals surface area contributed by atoms with E-state index < -0.39 is 15.7 Å². The number of rotatable bonds is 8. The number of nitrogens with zero attached hydrogens (tertiary/aromatic N) is 3. The van der Waals surface area contributed by atoms with Crippen molar-refractivity contribution in [3.05, 3.63) is 53.3 Å². The lowest BCUT2D eigenvalue weighted by Crippen LogP contribution is -2.49. The van der Waals surface area contributed by atoms with Gasteiger partial charge in [0.2, 0.25) is 0 Å². The normalized spacial score (nSPS) is 18.5. The van der Waals surface area contributed by atoms with Crippen LogP contribution in [-0.4, -0.2) is 87.7 Å². The number of Topliss-reactive ketones (excluding diaryl/α,β-unsaturated/α-hetero) is 1. The number of alkyl halides is 1. The minimum atomic E-state index is -3.48. The van der Waals surface area contributed by atoms with Crippen LogP contribution in [0.2, 0.25) is 0 Å². The second-order valence-corrected chi connectivity index (χ2v) is 12.8. The Morgan fingerprint density at radius 2 is 1.58 bits per heavy atom. The Labute approximate surface area is 236 Å². The predicted molar refractivity (Wildman–Crippen MR) is 152 cm³/mol. The van der Waals surface area contributed by atoms with Gasteiger partial charge in [-0.05, 0) is 55.2 Å². The number of ketones is 1. The summed E-state index contributed by atoms with van der Waals surface area (Å²) in [7, 11) is -3.48. The Kier molecular flexibility index (Phi) is 8.25. The van der Waals surface area contributed by atoms with Crippen LogP contribution < -0.4 is 9.80 Å². The summed E-state index contributed by atoms with van der Waals surface area (Å²) in [5, 5.41) is 0. The van der Waals surface area contributed by atoms with Crippen LogP contribution in [-0.2, 0) is 14.6 Å². The van der Waals surface area contributed by atoms with E-state index in [-0.39, 0.29) is 32.7 Å². The molecule has 11 heteroatoms. The maximum Gasteiger partial charge on any atom is 0.256 e. The molecule has 0 bridgehead atoms. The third-order valence-corrected chi connectivity index (χ3v) is 9.94. The first-order valence-corrected chi connectivity index (χ1v) is 16.1. The lowest BCUT2D eigenvalue weighted by Gasteiger charge is -2.37. The van der Waals surface area contributed by atoms with Crippen molar-refractivity contribution in [3.8, 4) is 0 Å². The summed E-state index contributed by atoms with van der Waals surface area (Å²) in [5.41, 5.74) is 1.85. The fourth-order valence-corrected chi connectivity index (χ4v) is 7.15. The highest BCUT2D eigenvalue weighted by molar-refractivity contribution is 14.1. The van der Waals surface area contributed by atoms with Crippen LogP contribution in [0, 0.1) is 11.7 Å². The van der Waals surface area contributed by atoms with E-state index in [0.717, 1.165) is 12.8 Å². The van der Waals surface area contributed by atoms with Crippen molar-refractivity contribution in [1.82, 2.24) is 4.90 Å². The molecule has 3 fully saturated rings. The average Bonchev–Trinajstić information content (AvgIpc) is 3.75. The summed E-state index contributed by atoms with van der Waals surface area (Å²) in [6, 6.07) is 9.45. The summed E-state index contributed by atoms with van der Waals surface area (Å²) >= 11 is 1.96. The zero-order valence-electron chi connectivity index (χ0n) is 21.1. The van der Waals surface area contributed by atoms with Crippen molar-refractivity contribution < 1.29 is 27.1 Å². The quantitative estimate of drug-likeness (QED) is 0.245. The first-order valence-electron chi connectivity index (χ1n) is 12.9. The SMILES string of the molecule is O=C(CI)c1ccc(N2CCN(C(=O)c3cc(S(=O)(=O)CC4CC4)ccc3N3CCOCC3)CC2)c(F)c1. The summed E-state index contributed by atoms with van der Waals surface area (Å²) in [6.45, 7) is 3.92. The van der Waals surface area contributed by atoms with Gasteiger partial charge in [-0.25, -0.2) is 12.8 Å². The number of halogens is 2. The number of piperazine rings is 1. The second kappa shape index (κ2) is 11.5. The van der Waals surface area contributed by atoms with Crippen molar-refractivity contribution >= 4 is 55.5 Å². The van der Waals surface area contributed by atoms with Gasteiger partial charge in [-0.15, -0.1) is 0 Å². The van der Waals surface area contributed by atoms with Gasteiger partial charge in [-0.2, -0.15) is 0 Å². The fraction of sp³-hybridized carbons (Fsp3) is 0.481. The maximum absolute atomic E-state index is 14.8. The number of carbonyl (C=O) groups is 2. The molecule has 1 amide bonds. The third kappa shape index (κ3) is 5.99. The van der Waals surface area contributed by atoms with Crippen LogP contribution in [0.15, 0.2) is 41.3 Å². The minimum Gasteiger partial charge on any atom is -0.378 e. The highest BCUT2D eigenvalue weighted by Gasteiger charge is 2.32. The molecule has 204 valence electrons. The number of hydrogen-bond acceptors (Lipinski definition) is 7. The molecule has 1 aliphatic carbocycles. The molecule has 1 saturated carbocycles. The van der Waals surface area contributed by atoms with Crippen LogP contribution in [0.3, 0.4) is 0 Å². The Balaban J connectivity index is 1.35. The number of anilines is 2. The average molecular weight is 656 g/mol. The van der Waals surface area contributed by atoms with E-state index >= 15 is 0 Å². The number of benzene rings is 2. The molecule has 3 aliphatic rings. The van der Waals surface area contributed by atoms with Crippen molar-refractivity contribution in [2.75, 3.05) is 72.5 Å². The van der Waals surface area contributed by atoms with Crippen LogP contribution in [0.5, 0.6) is 0 Å². The van der Waals surface area contributed by atoms with E-state index in [0.29, 0.717) is 75.0 Å². The Morgan fingerprint density at radius 1 is 0.921 bits per heavy atom. The molecule has 0 N–H and O–H groups in total. The molecule has 2 aromatic carbocycles. The van der Waals surface area contributed by atoms with Gasteiger partial charge in [-0.3, -0.25) is 9.59 Å². The molecule has 0 aromatic heterocycles. The molecule has 8 nitrogen and oxygen atoms in total. The standard InChI is InChI=1S/C27H31FIN3O5S/c28-23-15-20(26(33)17-29)3-5-25(23)30-7-9-32(10-8-30)27(34)22-16-21(38(35,36)18-19-1-2-19)4-6-24(22)31-11-13-37-14-12-31/h3-6,15-16,19H,1-2,7-14,17-18H2. The van der Waals surface area contributed by atoms with Gasteiger partial charge in [0, 0.05) is 50.5 Å². The van der Waals surface area contributed by atoms with Crippen molar-refractivity contribution in [2.45, 2.75) is 17.7 Å². The van der Waals surface area contributed by atoms with E-state index in [9.17, 15) is 22.4 Å². The summed E-state index contributed by atoms with van der Waals surface area (Å²) < 4.78 is 46.6. The third-order valence-electron chi connectivity index (χ3n) is 7.36. The van der Waals surface area contributed by atoms with Crippen LogP contribution in [0.4, 0.5) is 15.8 Å². The van der Waals surface area contributed by atoms with Gasteiger partial charge < -0.3 is 19.4 Å². The number of carbonyl (C=O) groups excluding carboxylic acids is 2. The minimum absolute atomic E-state index is 0.115. The predicted octanol–water partition coefficient (Wildman–Crippen LogP) is 3.43. The summed E-state index contributed by atoms with van der Waals surface area (Å²) in [5.74, 6) is -0.477. The van der Waals surface area contributed by atoms with Crippen molar-refractivity contribution in [1.29, 1.82) is 0 Å². The molecule has 0 spiro atoms. The van der Waals surface area contributed by atoms with Gasteiger partial charge in [-0.1, -0.05) is 22.6 Å². The maximum atomic E-state index is 14.8. The molecule has 2 heterocycles. The first kappa shape index (κ1) is 27.3. The monoisotopic (exact) mass is 655 g/mol. The number of sulfone groups is 1. The number of hydrogen-bond donors (Lipinski definition) is 0. The van der Waals surface area contributed by atoms with Crippen LogP contribution >= 0.6 is 22.6 Å². The fourth-order valence-electron chi connectivity index (χ4n) is 4.99. The first-order chi connectivity index (χ1) is 18.3. The molecule has 2 aliphatic heterocycles. The molecule has 2 aromatic rings. The summed E-state index contributed by atoms with van der Waals surface area (Å²) in [6.07, 6.45) is 1.86. The van der Waals surface area contributed by atoms with E-state index in [1.807, 2.05) is 27.5 Å². The molecular weight excluding hydrogens is 624 g/mol. The smallest absolute Gasteiger partial charge is 0.256 e. The molecule has 0 atom stereocenters. The molecule has 5 rings (SSSR count). The van der Waals surface area contributed by atoms with E-state index in [1.54, 1.807) is 35.2 Å². The molecule has 0 radical (unpaired) electrons. The molecule has 38 heavy (non-hydrogen) atoms. The van der Waals surface area contributed by atoms with Gasteiger partial charge in [0.25, 0.3) is 5.91 Å². The van der Waals surface area contributed by atoms with Gasteiger partial charge >= 0.3 is 0 Å². The van der Waals surface area contributed by atoms with Crippen molar-refractivity contribution in [3.63, 3.8) is 0 Å². The van der Waals surface area contributed by atoms with Gasteiger partial charge in [0.1, 0.15) is 5.82 Å². The molecular formula is C27H31FIN3O5S. The Bertz CT molecular complexity index is 1320. The molecule has 2 saturated heterocycles. The van der Waals surface area contributed by atoms with Gasteiger partial charge in [0.05, 0.1) is 39.5 Å². The summed E-state index contributed by atoms with van der Waals surface area (Å²) in [4.78, 5) is 31.5. The van der Waals surface area contributed by atoms with Crippen molar-refractivity contribution in [2.24, 2.45) is 5.92 Å². The lowest BCUT2D eigenvalue weighted by molar-refractivity contribution is 0.0745. The number of morpholine rings is 1. The zero-order chi connectivity index (χ0) is 26.9. The largest absolute Gasteiger partial charge is 0.378 e. The second-order valence-electron chi connectivity index (χ2n) is 10.0. The van der Waals surface area contributed by atoms with Crippen LogP contribution in [0.1, 0.15) is 33.6 Å². The highest BCUT2D eigenvalue weighted by Crippen LogP contribution is 2.34.